The number of nitrogens with zero attached hydrogens (tertiary/aromatic N) is 3. The number of anilines is 1. The summed E-state index contributed by atoms with van der Waals surface area (Å²) in [5.74, 6) is -3.36. The first kappa shape index (κ1) is 85.8. The summed E-state index contributed by atoms with van der Waals surface area (Å²) in [4.78, 5) is 135. The Morgan fingerprint density at radius 1 is 0.687 bits per heavy atom. The van der Waals surface area contributed by atoms with E-state index in [1.165, 1.54) is 16.8 Å². The summed E-state index contributed by atoms with van der Waals surface area (Å²) in [5, 5.41) is 18.9. The number of nitrogens with two attached hydrogens (primary N) is 1. The summed E-state index contributed by atoms with van der Waals surface area (Å²) in [7, 11) is 9.75. The van der Waals surface area contributed by atoms with Crippen LogP contribution in [0.1, 0.15) is 198 Å². The minimum Gasteiger partial charge on any atom is -0.445 e. The SMILES string of the molecule is CC[C@H](C)[C@H](C)[C@@H](CC(=O)N1CCC[C@H]1[C@H](OC)[C@@H](C)C(=O)C[C@H](C)[C@@H](O)c1ccccc1)OC.COCCCCCC(=O)c1ccc(C(=O)N[C@H](C(=O)C[C@@H](CCCNC(N)=O)C(=O)Nc2ccc(COC(=O)N(C)[C@H](C(=O)C[C@H](C(=O)N(C)C)C(C)C)C(C)C)cc2)C(C)C)cc1. The molecule has 1 saturated heterocycles. The molecule has 3 aromatic rings. The topological polar surface area (TPSA) is 300 Å². The number of ether oxygens (including phenoxy) is 4. The van der Waals surface area contributed by atoms with Crippen molar-refractivity contribution in [3.05, 3.63) is 101 Å². The molecule has 0 saturated carbocycles. The van der Waals surface area contributed by atoms with Gasteiger partial charge in [-0.1, -0.05) is 144 Å². The van der Waals surface area contributed by atoms with E-state index >= 15 is 0 Å². The Hall–Kier alpha value is -7.40. The van der Waals surface area contributed by atoms with Gasteiger partial charge in [-0.2, -0.15) is 0 Å². The number of hydrogen-bond acceptors (Lipinski definition) is 15. The maximum atomic E-state index is 13.8. The standard InChI is InChI=1S/C48H72N6O10.C29H47NO5/c1-30(2)38(46(60)53(7)8)28-41(57)43(32(5)6)54(9)48(62)64-29-33-17-23-37(24-18-33)51-45(59)36(15-14-25-50-47(49)61)27-40(56)42(31(3)4)52-44(58)35-21-19-34(20-22-35)39(55)16-12-11-13-26-63-10;1-8-19(2)21(4)26(34-6)18-27(32)30-16-12-15-24(30)29(35-7)22(5)25(31)17-20(3)28(33)23-13-10-9-11-14-23/h17-24,30-32,36,38,42-43H,11-16,25-29H2,1-10H3,(H,51,59)(H,52,58)(H3,49,50,61);9-11,13-14,19-22,24,26,28-29,33H,8,12,15-18H2,1-7H3/t36-,38+,42+,43+;19-,20-,21-,22-,24-,26+,28+,29+/m10/s1. The Morgan fingerprint density at radius 3 is 1.88 bits per heavy atom. The van der Waals surface area contributed by atoms with Crippen LogP contribution in [0.2, 0.25) is 0 Å². The number of carbonyl (C=O) groups is 10. The zero-order valence-electron chi connectivity index (χ0n) is 62.3. The summed E-state index contributed by atoms with van der Waals surface area (Å²) < 4.78 is 22.2. The molecule has 1 aliphatic heterocycles. The molecular weight excluding hydrogens is 1260 g/mol. The number of urea groups is 1. The predicted molar refractivity (Wildman–Crippen MR) is 384 cm³/mol. The molecule has 0 radical (unpaired) electrons. The van der Waals surface area contributed by atoms with Gasteiger partial charge >= 0.3 is 12.1 Å². The van der Waals surface area contributed by atoms with Crippen LogP contribution in [0.5, 0.6) is 0 Å². The predicted octanol–water partition coefficient (Wildman–Crippen LogP) is 11.5. The summed E-state index contributed by atoms with van der Waals surface area (Å²) in [5.41, 5.74) is 7.85. The van der Waals surface area contributed by atoms with Crippen molar-refractivity contribution in [3.63, 3.8) is 0 Å². The molecule has 4 rings (SSSR count). The maximum absolute atomic E-state index is 13.8. The van der Waals surface area contributed by atoms with Crippen molar-refractivity contribution in [2.75, 3.05) is 67.5 Å². The van der Waals surface area contributed by atoms with E-state index in [1.807, 2.05) is 76.8 Å². The smallest absolute Gasteiger partial charge is 0.410 e. The third-order valence-corrected chi connectivity index (χ3v) is 19.4. The molecule has 0 spiro atoms. The lowest BCUT2D eigenvalue weighted by Crippen LogP contribution is -2.49. The fourth-order valence-corrected chi connectivity index (χ4v) is 12.8. The van der Waals surface area contributed by atoms with Crippen LogP contribution in [0, 0.1) is 53.3 Å². The highest BCUT2D eigenvalue weighted by Gasteiger charge is 2.42. The molecule has 7 amide bonds. The van der Waals surface area contributed by atoms with Crippen LogP contribution >= 0.6 is 0 Å². The number of unbranched alkanes of at least 4 members (excludes halogenated alkanes) is 2. The van der Waals surface area contributed by atoms with Crippen LogP contribution in [0.3, 0.4) is 0 Å². The molecule has 552 valence electrons. The third kappa shape index (κ3) is 27.9. The Balaban J connectivity index is 0.000000611. The van der Waals surface area contributed by atoms with Gasteiger partial charge in [0.25, 0.3) is 5.91 Å². The van der Waals surface area contributed by atoms with Gasteiger partial charge in [-0.25, -0.2) is 9.59 Å². The molecule has 22 nitrogen and oxygen atoms in total. The lowest BCUT2D eigenvalue weighted by atomic mass is 9.85. The van der Waals surface area contributed by atoms with Crippen molar-refractivity contribution in [2.24, 2.45) is 59.0 Å². The van der Waals surface area contributed by atoms with Crippen LogP contribution in [0.25, 0.3) is 0 Å². The second-order valence-corrected chi connectivity index (χ2v) is 28.1. The molecule has 99 heavy (non-hydrogen) atoms. The monoisotopic (exact) mass is 1380 g/mol. The van der Waals surface area contributed by atoms with Gasteiger partial charge in [0, 0.05) is 122 Å². The number of hydrogen-bond donors (Lipinski definition) is 5. The number of aliphatic hydroxyl groups is 1. The summed E-state index contributed by atoms with van der Waals surface area (Å²) in [6.07, 6.45) is 4.72. The number of methoxy groups -OCH3 is 3. The number of aliphatic hydroxyl groups excluding tert-OH is 1. The molecule has 0 unspecified atom stereocenters. The first-order chi connectivity index (χ1) is 46.8. The maximum Gasteiger partial charge on any atom is 0.410 e. The zero-order valence-corrected chi connectivity index (χ0v) is 62.3. The van der Waals surface area contributed by atoms with Gasteiger partial charge in [0.05, 0.1) is 42.9 Å². The van der Waals surface area contributed by atoms with Crippen LogP contribution in [-0.4, -0.2) is 171 Å². The summed E-state index contributed by atoms with van der Waals surface area (Å²) in [6.45, 7) is 22.7. The summed E-state index contributed by atoms with van der Waals surface area (Å²) >= 11 is 0. The van der Waals surface area contributed by atoms with Crippen molar-refractivity contribution < 1.29 is 72.0 Å². The van der Waals surface area contributed by atoms with Gasteiger partial charge in [0.1, 0.15) is 12.4 Å². The van der Waals surface area contributed by atoms with Gasteiger partial charge in [-0.15, -0.1) is 0 Å². The molecule has 6 N–H and O–H groups in total. The van der Waals surface area contributed by atoms with Gasteiger partial charge in [-0.3, -0.25) is 38.4 Å². The van der Waals surface area contributed by atoms with Crippen LogP contribution < -0.4 is 21.7 Å². The van der Waals surface area contributed by atoms with Crippen molar-refractivity contribution >= 4 is 64.6 Å². The van der Waals surface area contributed by atoms with E-state index in [0.717, 1.165) is 44.1 Å². The van der Waals surface area contributed by atoms with E-state index in [9.17, 15) is 53.1 Å². The molecule has 3 aromatic carbocycles. The Bertz CT molecular complexity index is 3010. The number of benzene rings is 3. The number of likely N-dealkylation sites (N-methyl/N-ethyl adjacent to an activating group) is 1. The molecule has 0 bridgehead atoms. The Morgan fingerprint density at radius 2 is 1.32 bits per heavy atom. The fraction of sp³-hybridized carbons (Fsp3) is 0.636. The minimum absolute atomic E-state index is 0.00650. The first-order valence-corrected chi connectivity index (χ1v) is 35.5. The molecule has 1 fully saturated rings. The van der Waals surface area contributed by atoms with E-state index in [2.05, 4.69) is 36.7 Å². The van der Waals surface area contributed by atoms with Crippen molar-refractivity contribution in [1.82, 2.24) is 25.3 Å². The van der Waals surface area contributed by atoms with E-state index in [-0.39, 0.29) is 133 Å². The van der Waals surface area contributed by atoms with E-state index in [4.69, 9.17) is 24.7 Å². The van der Waals surface area contributed by atoms with Crippen molar-refractivity contribution in [3.8, 4) is 0 Å². The Kier molecular flexibility index (Phi) is 38.1. The molecule has 12 atom stereocenters. The molecule has 22 heteroatoms. The van der Waals surface area contributed by atoms with E-state index < -0.39 is 54.0 Å². The van der Waals surface area contributed by atoms with Crippen molar-refractivity contribution in [1.29, 1.82) is 0 Å². The molecular formula is C77H119N7O15. The largest absolute Gasteiger partial charge is 0.445 e. The second-order valence-electron chi connectivity index (χ2n) is 28.1. The number of nitrogens with one attached hydrogen (secondary N) is 3. The number of carbonyl (C=O) groups excluding carboxylic acids is 10. The lowest BCUT2D eigenvalue weighted by Gasteiger charge is -2.35. The van der Waals surface area contributed by atoms with Gasteiger partial charge in [-0.05, 0) is 109 Å². The minimum atomic E-state index is -0.917. The number of amides is 7. The normalized spacial score (nSPS) is 16.3. The quantitative estimate of drug-likeness (QED) is 0.0260. The molecule has 0 aliphatic carbocycles. The molecule has 1 heterocycles. The number of Topliss-reactive ketones (excluding diaryl/α,β-unsaturated/α-hetero) is 4. The highest BCUT2D eigenvalue weighted by molar-refractivity contribution is 6.02. The van der Waals surface area contributed by atoms with Gasteiger partial charge in [0.2, 0.25) is 17.7 Å². The highest BCUT2D eigenvalue weighted by Crippen LogP contribution is 2.33. The number of primary amides is 1. The van der Waals surface area contributed by atoms with E-state index in [1.54, 1.807) is 97.8 Å². The van der Waals surface area contributed by atoms with Crippen LogP contribution in [0.15, 0.2) is 78.9 Å². The van der Waals surface area contributed by atoms with Crippen molar-refractivity contribution in [2.45, 2.75) is 203 Å². The number of ketones is 4. The zero-order chi connectivity index (χ0) is 74.2. The lowest BCUT2D eigenvalue weighted by molar-refractivity contribution is -0.142. The molecule has 0 aromatic heterocycles. The average molecular weight is 1380 g/mol. The average Bonchev–Trinajstić information content (AvgIpc) is 1.77. The van der Waals surface area contributed by atoms with Gasteiger partial charge < -0.3 is 60.4 Å². The summed E-state index contributed by atoms with van der Waals surface area (Å²) in [6, 6.07) is 19.8. The third-order valence-electron chi connectivity index (χ3n) is 19.4. The fourth-order valence-electron chi connectivity index (χ4n) is 12.8. The second kappa shape index (κ2) is 44.0. The number of likely N-dealkylation sites (tertiary alicyclic amines) is 1. The molecule has 1 aliphatic rings. The first-order valence-electron chi connectivity index (χ1n) is 35.5. The van der Waals surface area contributed by atoms with Crippen LogP contribution in [0.4, 0.5) is 15.3 Å². The van der Waals surface area contributed by atoms with Crippen LogP contribution in [-0.2, 0) is 54.3 Å². The highest BCUT2D eigenvalue weighted by atomic mass is 16.6. The Labute approximate surface area is 589 Å². The number of rotatable bonds is 42. The van der Waals surface area contributed by atoms with E-state index in [0.29, 0.717) is 55.1 Å². The van der Waals surface area contributed by atoms with Gasteiger partial charge in [0.15, 0.2) is 17.3 Å².